The van der Waals surface area contributed by atoms with Crippen LogP contribution in [-0.4, -0.2) is 121 Å². The van der Waals surface area contributed by atoms with Crippen LogP contribution in [0.25, 0.3) is 0 Å². The molecule has 2 aliphatic heterocycles. The van der Waals surface area contributed by atoms with Crippen molar-refractivity contribution in [1.82, 2.24) is 0 Å². The first-order valence-corrected chi connectivity index (χ1v) is 9.84. The third-order valence-electron chi connectivity index (χ3n) is 6.33. The van der Waals surface area contributed by atoms with E-state index in [1.165, 1.54) is 0 Å². The lowest BCUT2D eigenvalue weighted by Crippen LogP contribution is -2.64. The van der Waals surface area contributed by atoms with Gasteiger partial charge in [0.25, 0.3) is 0 Å². The number of rotatable bonds is 5. The van der Waals surface area contributed by atoms with Crippen molar-refractivity contribution in [3.05, 3.63) is 12.3 Å². The van der Waals surface area contributed by atoms with E-state index in [1.807, 2.05) is 0 Å². The smallest absolute Gasteiger partial charge is 0.228 e. The van der Waals surface area contributed by atoms with Gasteiger partial charge in [-0.3, -0.25) is 0 Å². The van der Waals surface area contributed by atoms with Crippen molar-refractivity contribution in [3.8, 4) is 0 Å². The van der Waals surface area contributed by atoms with Crippen molar-refractivity contribution >= 4 is 0 Å². The van der Waals surface area contributed by atoms with Crippen LogP contribution in [0, 0.1) is 11.8 Å². The molecule has 3 aliphatic rings. The van der Waals surface area contributed by atoms with Crippen LogP contribution in [-0.2, 0) is 14.2 Å². The molecule has 0 aromatic carbocycles. The normalized spacial score (nSPS) is 52.3. The van der Waals surface area contributed by atoms with E-state index < -0.39 is 85.7 Å². The third kappa shape index (κ3) is 4.10. The molecule has 1 saturated carbocycles. The zero-order valence-corrected chi connectivity index (χ0v) is 16.2. The highest BCUT2D eigenvalue weighted by Crippen LogP contribution is 2.40. The van der Waals surface area contributed by atoms with Crippen LogP contribution in [0.1, 0.15) is 6.42 Å². The van der Waals surface area contributed by atoms with Crippen LogP contribution in [0.15, 0.2) is 12.3 Å². The molecule has 2 heterocycles. The number of aliphatic hydroxyl groups is 8. The average Bonchev–Trinajstić information content (AvgIpc) is 3.00. The minimum absolute atomic E-state index is 0.173. The van der Waals surface area contributed by atoms with Crippen molar-refractivity contribution in [2.24, 2.45) is 17.6 Å². The molecule has 0 amide bonds. The van der Waals surface area contributed by atoms with E-state index in [2.05, 4.69) is 6.58 Å². The molecule has 2 saturated heterocycles. The number of ether oxygens (including phenoxy) is 3. The van der Waals surface area contributed by atoms with E-state index in [0.717, 1.165) is 0 Å². The highest BCUT2D eigenvalue weighted by atomic mass is 16.7. The number of hydrogen-bond donors (Lipinski definition) is 9. The first-order chi connectivity index (χ1) is 14.1. The van der Waals surface area contributed by atoms with Crippen LogP contribution >= 0.6 is 0 Å². The Labute approximate surface area is 172 Å². The predicted molar refractivity (Wildman–Crippen MR) is 97.3 cm³/mol. The molecule has 0 aromatic rings. The molecular weight excluding hydrogens is 406 g/mol. The summed E-state index contributed by atoms with van der Waals surface area (Å²) >= 11 is 0. The summed E-state index contributed by atoms with van der Waals surface area (Å²) in [7, 11) is 0. The standard InChI is InChI=1S/C18H31NO11/c1-5-11(23)12(24)15(27)18(28-5)30-16-9(4-21)29-17(14(26)13(16)25)10-6(3-20)7(19)2-8(10)22/h6-18,20-27H,1-4,19H2/t6-,7-,8+,9+,10?,11+,12-,13?,14+,15+,16+,17+,18-/m0/s1. The third-order valence-corrected chi connectivity index (χ3v) is 6.33. The summed E-state index contributed by atoms with van der Waals surface area (Å²) in [5.74, 6) is -1.65. The lowest BCUT2D eigenvalue weighted by atomic mass is 9.81. The number of nitrogens with two attached hydrogens (primary N) is 1. The van der Waals surface area contributed by atoms with E-state index in [1.54, 1.807) is 0 Å². The molecule has 0 aromatic heterocycles. The maximum absolute atomic E-state index is 10.7. The Bertz CT molecular complexity index is 607. The SMILES string of the molecule is C=C1O[C@@H](O[C@H]2C(O)[C@@H](O)[C@@H](C3[C@H](O)C[C@H](N)[C@@H]3CO)O[C@@H]2CO)[C@H](O)[C@@H](O)[C@@H]1O. The first-order valence-electron chi connectivity index (χ1n) is 9.84. The largest absolute Gasteiger partial charge is 0.464 e. The van der Waals surface area contributed by atoms with Gasteiger partial charge < -0.3 is 60.8 Å². The Balaban J connectivity index is 1.77. The van der Waals surface area contributed by atoms with Crippen LogP contribution in [0.5, 0.6) is 0 Å². The van der Waals surface area contributed by atoms with E-state index in [9.17, 15) is 40.9 Å². The van der Waals surface area contributed by atoms with Crippen molar-refractivity contribution in [1.29, 1.82) is 0 Å². The predicted octanol–water partition coefficient (Wildman–Crippen LogP) is -4.88. The second-order valence-corrected chi connectivity index (χ2v) is 8.17. The maximum atomic E-state index is 10.7. The Morgan fingerprint density at radius 3 is 2.23 bits per heavy atom. The second-order valence-electron chi connectivity index (χ2n) is 8.17. The van der Waals surface area contributed by atoms with Gasteiger partial charge in [0, 0.05) is 24.5 Å². The van der Waals surface area contributed by atoms with E-state index in [-0.39, 0.29) is 18.8 Å². The molecule has 0 bridgehead atoms. The number of aliphatic hydroxyl groups excluding tert-OH is 8. The topological polar surface area (TPSA) is 216 Å². The molecule has 2 unspecified atom stereocenters. The molecule has 0 radical (unpaired) electrons. The van der Waals surface area contributed by atoms with Crippen LogP contribution < -0.4 is 5.73 Å². The molecule has 10 N–H and O–H groups in total. The highest BCUT2D eigenvalue weighted by molar-refractivity contribution is 5.06. The van der Waals surface area contributed by atoms with Crippen molar-refractivity contribution in [2.45, 2.75) is 73.7 Å². The van der Waals surface area contributed by atoms with Crippen LogP contribution in [0.4, 0.5) is 0 Å². The lowest BCUT2D eigenvalue weighted by Gasteiger charge is -2.47. The zero-order valence-electron chi connectivity index (χ0n) is 16.2. The monoisotopic (exact) mass is 437 g/mol. The van der Waals surface area contributed by atoms with Gasteiger partial charge in [-0.1, -0.05) is 6.58 Å². The van der Waals surface area contributed by atoms with Gasteiger partial charge in [0.05, 0.1) is 18.8 Å². The van der Waals surface area contributed by atoms with Gasteiger partial charge in [-0.2, -0.15) is 0 Å². The Morgan fingerprint density at radius 1 is 0.967 bits per heavy atom. The van der Waals surface area contributed by atoms with Crippen molar-refractivity contribution in [2.75, 3.05) is 13.2 Å². The van der Waals surface area contributed by atoms with Gasteiger partial charge in [0.1, 0.15) is 48.5 Å². The molecule has 3 fully saturated rings. The van der Waals surface area contributed by atoms with Gasteiger partial charge in [-0.15, -0.1) is 0 Å². The van der Waals surface area contributed by atoms with E-state index in [0.29, 0.717) is 0 Å². The van der Waals surface area contributed by atoms with Crippen LogP contribution in [0.2, 0.25) is 0 Å². The van der Waals surface area contributed by atoms with Gasteiger partial charge in [-0.25, -0.2) is 0 Å². The number of hydrogen-bond acceptors (Lipinski definition) is 12. The fourth-order valence-electron chi connectivity index (χ4n) is 4.59. The van der Waals surface area contributed by atoms with E-state index in [4.69, 9.17) is 19.9 Å². The summed E-state index contributed by atoms with van der Waals surface area (Å²) in [6, 6.07) is -0.533. The summed E-state index contributed by atoms with van der Waals surface area (Å²) in [4.78, 5) is 0. The molecular formula is C18H31NO11. The fraction of sp³-hybridized carbons (Fsp3) is 0.889. The summed E-state index contributed by atoms with van der Waals surface area (Å²) in [6.07, 6.45) is -14.3. The first kappa shape index (κ1) is 23.8. The van der Waals surface area contributed by atoms with E-state index >= 15 is 0 Å². The molecule has 12 nitrogen and oxygen atoms in total. The average molecular weight is 437 g/mol. The Morgan fingerprint density at radius 2 is 1.63 bits per heavy atom. The maximum Gasteiger partial charge on any atom is 0.228 e. The summed E-state index contributed by atoms with van der Waals surface area (Å²) < 4.78 is 16.4. The minimum atomic E-state index is -1.71. The molecule has 0 spiro atoms. The highest BCUT2D eigenvalue weighted by Gasteiger charge is 2.55. The quantitative estimate of drug-likeness (QED) is 0.198. The van der Waals surface area contributed by atoms with Gasteiger partial charge >= 0.3 is 0 Å². The fourth-order valence-corrected chi connectivity index (χ4v) is 4.59. The van der Waals surface area contributed by atoms with Crippen LogP contribution in [0.3, 0.4) is 0 Å². The second kappa shape index (κ2) is 9.30. The summed E-state index contributed by atoms with van der Waals surface area (Å²) in [5, 5.41) is 80.7. The molecule has 1 aliphatic carbocycles. The van der Waals surface area contributed by atoms with Gasteiger partial charge in [0.15, 0.2) is 0 Å². The van der Waals surface area contributed by atoms with Crippen molar-refractivity contribution < 1.29 is 55.1 Å². The lowest BCUT2D eigenvalue weighted by molar-refractivity contribution is -0.317. The molecule has 3 rings (SSSR count). The minimum Gasteiger partial charge on any atom is -0.464 e. The Hall–Kier alpha value is -0.900. The van der Waals surface area contributed by atoms with Gasteiger partial charge in [0.2, 0.25) is 6.29 Å². The summed E-state index contributed by atoms with van der Waals surface area (Å²) in [5.41, 5.74) is 5.94. The molecule has 174 valence electrons. The zero-order chi connectivity index (χ0) is 22.3. The molecule has 30 heavy (non-hydrogen) atoms. The van der Waals surface area contributed by atoms with Crippen molar-refractivity contribution in [3.63, 3.8) is 0 Å². The Kier molecular flexibility index (Phi) is 7.37. The van der Waals surface area contributed by atoms with Gasteiger partial charge in [-0.05, 0) is 6.42 Å². The molecule has 12 heteroatoms. The molecule has 13 atom stereocenters. The summed E-state index contributed by atoms with van der Waals surface area (Å²) in [6.45, 7) is 2.40.